The molecular formula is C14H14F3NS. The van der Waals surface area contributed by atoms with E-state index >= 15 is 0 Å². The van der Waals surface area contributed by atoms with Gasteiger partial charge in [-0.15, -0.1) is 11.3 Å². The molecule has 0 spiro atoms. The van der Waals surface area contributed by atoms with Gasteiger partial charge < -0.3 is 5.73 Å². The predicted octanol–water partition coefficient (Wildman–Crippen LogP) is 3.97. The quantitative estimate of drug-likeness (QED) is 0.845. The third-order valence-corrected chi connectivity index (χ3v) is 4.17. The summed E-state index contributed by atoms with van der Waals surface area (Å²) in [5, 5.41) is 0. The molecule has 1 unspecified atom stereocenters. The van der Waals surface area contributed by atoms with Crippen LogP contribution in [0.2, 0.25) is 0 Å². The maximum atomic E-state index is 13.1. The van der Waals surface area contributed by atoms with Gasteiger partial charge in [0.15, 0.2) is 17.5 Å². The van der Waals surface area contributed by atoms with E-state index in [2.05, 4.69) is 6.92 Å². The van der Waals surface area contributed by atoms with Crippen LogP contribution in [0.3, 0.4) is 0 Å². The minimum Gasteiger partial charge on any atom is -0.324 e. The number of rotatable bonds is 4. The minimum absolute atomic E-state index is 0.267. The molecule has 0 fully saturated rings. The minimum atomic E-state index is -1.46. The van der Waals surface area contributed by atoms with Crippen molar-refractivity contribution in [2.75, 3.05) is 0 Å². The number of hydrogen-bond donors (Lipinski definition) is 1. The van der Waals surface area contributed by atoms with E-state index < -0.39 is 23.5 Å². The van der Waals surface area contributed by atoms with Gasteiger partial charge in [0.1, 0.15) is 0 Å². The van der Waals surface area contributed by atoms with Crippen LogP contribution in [0.15, 0.2) is 24.3 Å². The Bertz CT molecular complexity index is 557. The molecule has 0 amide bonds. The molecule has 0 saturated carbocycles. The van der Waals surface area contributed by atoms with Crippen molar-refractivity contribution in [2.24, 2.45) is 5.73 Å². The molecule has 5 heteroatoms. The summed E-state index contributed by atoms with van der Waals surface area (Å²) in [4.78, 5) is 2.29. The second kappa shape index (κ2) is 5.75. The van der Waals surface area contributed by atoms with Crippen LogP contribution in [-0.4, -0.2) is 0 Å². The first-order valence-electron chi connectivity index (χ1n) is 5.99. The monoisotopic (exact) mass is 285 g/mol. The van der Waals surface area contributed by atoms with Gasteiger partial charge in [-0.1, -0.05) is 6.92 Å². The summed E-state index contributed by atoms with van der Waals surface area (Å²) in [5.41, 5.74) is 6.18. The van der Waals surface area contributed by atoms with Gasteiger partial charge in [0.05, 0.1) is 0 Å². The first-order valence-corrected chi connectivity index (χ1v) is 6.80. The van der Waals surface area contributed by atoms with E-state index in [1.165, 1.54) is 4.88 Å². The maximum absolute atomic E-state index is 13.1. The zero-order valence-corrected chi connectivity index (χ0v) is 11.2. The Kier molecular flexibility index (Phi) is 4.27. The Morgan fingerprint density at radius 3 is 2.21 bits per heavy atom. The van der Waals surface area contributed by atoms with E-state index in [0.29, 0.717) is 6.42 Å². The fourth-order valence-electron chi connectivity index (χ4n) is 1.85. The molecule has 19 heavy (non-hydrogen) atoms. The van der Waals surface area contributed by atoms with Gasteiger partial charge in [0.25, 0.3) is 0 Å². The summed E-state index contributed by atoms with van der Waals surface area (Å²) in [6, 6.07) is 5.33. The molecule has 0 aliphatic heterocycles. The van der Waals surface area contributed by atoms with E-state index in [-0.39, 0.29) is 5.56 Å². The fourth-order valence-corrected chi connectivity index (χ4v) is 2.86. The van der Waals surface area contributed by atoms with Gasteiger partial charge in [-0.2, -0.15) is 0 Å². The van der Waals surface area contributed by atoms with Crippen molar-refractivity contribution in [1.29, 1.82) is 0 Å². The van der Waals surface area contributed by atoms with Gasteiger partial charge in [0, 0.05) is 22.2 Å². The molecule has 1 aromatic carbocycles. The molecule has 1 nitrogen and oxygen atoms in total. The highest BCUT2D eigenvalue weighted by Crippen LogP contribution is 2.24. The smallest absolute Gasteiger partial charge is 0.194 e. The Morgan fingerprint density at radius 1 is 1.11 bits per heavy atom. The summed E-state index contributed by atoms with van der Waals surface area (Å²) >= 11 is 1.63. The van der Waals surface area contributed by atoms with Crippen molar-refractivity contribution in [3.05, 3.63) is 57.0 Å². The Morgan fingerprint density at radius 2 is 1.68 bits per heavy atom. The first kappa shape index (κ1) is 14.1. The highest BCUT2D eigenvalue weighted by molar-refractivity contribution is 7.11. The van der Waals surface area contributed by atoms with Crippen molar-refractivity contribution in [3.63, 3.8) is 0 Å². The highest BCUT2D eigenvalue weighted by Gasteiger charge is 2.15. The van der Waals surface area contributed by atoms with E-state index in [4.69, 9.17) is 5.73 Å². The zero-order valence-electron chi connectivity index (χ0n) is 10.4. The van der Waals surface area contributed by atoms with Crippen LogP contribution in [0.1, 0.15) is 28.3 Å². The van der Waals surface area contributed by atoms with Crippen molar-refractivity contribution >= 4 is 11.3 Å². The van der Waals surface area contributed by atoms with Crippen LogP contribution in [0.4, 0.5) is 13.2 Å². The zero-order chi connectivity index (χ0) is 14.0. The van der Waals surface area contributed by atoms with E-state index in [0.717, 1.165) is 23.4 Å². The average Bonchev–Trinajstić information content (AvgIpc) is 2.83. The standard InChI is InChI=1S/C14H14F3NS/c1-2-9-3-4-10(19-9)7-13(18)8-5-11(15)14(17)12(16)6-8/h3-6,13H,2,7,18H2,1H3. The number of aryl methyl sites for hydroxylation is 1. The number of hydrogen-bond acceptors (Lipinski definition) is 2. The summed E-state index contributed by atoms with van der Waals surface area (Å²) in [5.74, 6) is -3.86. The highest BCUT2D eigenvalue weighted by atomic mass is 32.1. The van der Waals surface area contributed by atoms with Crippen LogP contribution < -0.4 is 5.73 Å². The summed E-state index contributed by atoms with van der Waals surface area (Å²) in [6.07, 6.45) is 1.43. The second-order valence-electron chi connectivity index (χ2n) is 4.33. The molecule has 0 aliphatic carbocycles. The molecule has 102 valence electrons. The largest absolute Gasteiger partial charge is 0.324 e. The van der Waals surface area contributed by atoms with Crippen LogP contribution >= 0.6 is 11.3 Å². The van der Waals surface area contributed by atoms with Crippen molar-refractivity contribution < 1.29 is 13.2 Å². The van der Waals surface area contributed by atoms with Crippen LogP contribution in [0.5, 0.6) is 0 Å². The topological polar surface area (TPSA) is 26.0 Å². The van der Waals surface area contributed by atoms with Gasteiger partial charge in [-0.3, -0.25) is 0 Å². The molecule has 2 aromatic rings. The lowest BCUT2D eigenvalue weighted by molar-refractivity contribution is 0.443. The molecule has 2 N–H and O–H groups in total. The predicted molar refractivity (Wildman–Crippen MR) is 70.6 cm³/mol. The molecule has 0 bridgehead atoms. The van der Waals surface area contributed by atoms with Crippen molar-refractivity contribution in [1.82, 2.24) is 0 Å². The number of benzene rings is 1. The molecule has 1 atom stereocenters. The van der Waals surface area contributed by atoms with Crippen LogP contribution in [-0.2, 0) is 12.8 Å². The van der Waals surface area contributed by atoms with E-state index in [1.54, 1.807) is 11.3 Å². The van der Waals surface area contributed by atoms with Gasteiger partial charge >= 0.3 is 0 Å². The molecule has 2 rings (SSSR count). The van der Waals surface area contributed by atoms with E-state index in [1.807, 2.05) is 12.1 Å². The van der Waals surface area contributed by atoms with Gasteiger partial charge in [0.2, 0.25) is 0 Å². The molecule has 0 radical (unpaired) electrons. The number of nitrogens with two attached hydrogens (primary N) is 1. The number of halogens is 3. The maximum Gasteiger partial charge on any atom is 0.194 e. The lowest BCUT2D eigenvalue weighted by Gasteiger charge is -2.11. The number of thiophene rings is 1. The molecule has 1 heterocycles. The fraction of sp³-hybridized carbons (Fsp3) is 0.286. The third-order valence-electron chi connectivity index (χ3n) is 2.92. The summed E-state index contributed by atoms with van der Waals surface area (Å²) < 4.78 is 39.1. The molecule has 0 saturated heterocycles. The third kappa shape index (κ3) is 3.16. The van der Waals surface area contributed by atoms with E-state index in [9.17, 15) is 13.2 Å². The first-order chi connectivity index (χ1) is 9.01. The molecule has 1 aromatic heterocycles. The molecule has 0 aliphatic rings. The summed E-state index contributed by atoms with van der Waals surface area (Å²) in [7, 11) is 0. The average molecular weight is 285 g/mol. The Labute approximate surface area is 113 Å². The van der Waals surface area contributed by atoms with Crippen molar-refractivity contribution in [3.8, 4) is 0 Å². The van der Waals surface area contributed by atoms with Crippen LogP contribution in [0.25, 0.3) is 0 Å². The SMILES string of the molecule is CCc1ccc(CC(N)c2cc(F)c(F)c(F)c2)s1. The van der Waals surface area contributed by atoms with Crippen molar-refractivity contribution in [2.45, 2.75) is 25.8 Å². The summed E-state index contributed by atoms with van der Waals surface area (Å²) in [6.45, 7) is 2.06. The normalized spacial score (nSPS) is 12.7. The van der Waals surface area contributed by atoms with Crippen LogP contribution in [0, 0.1) is 17.5 Å². The lowest BCUT2D eigenvalue weighted by atomic mass is 10.0. The second-order valence-corrected chi connectivity index (χ2v) is 5.58. The Balaban J connectivity index is 2.17. The van der Waals surface area contributed by atoms with Gasteiger partial charge in [-0.25, -0.2) is 13.2 Å². The molecular weight excluding hydrogens is 271 g/mol. The van der Waals surface area contributed by atoms with Gasteiger partial charge in [-0.05, 0) is 36.2 Å². The lowest BCUT2D eigenvalue weighted by Crippen LogP contribution is -2.14. The Hall–Kier alpha value is -1.33.